The third kappa shape index (κ3) is 3.16. The van der Waals surface area contributed by atoms with Crippen LogP contribution in [0.4, 0.5) is 0 Å². The minimum Gasteiger partial charge on any atom is -0.374 e. The number of thiophene rings is 1. The maximum absolute atomic E-state index is 6.49. The molecule has 1 aromatic rings. The average molecular weight is 332 g/mol. The van der Waals surface area contributed by atoms with Crippen molar-refractivity contribution in [3.05, 3.63) is 20.8 Å². The molecule has 2 rings (SSSR count). The fraction of sp³-hybridized carbons (Fsp3) is 0.714. The van der Waals surface area contributed by atoms with Gasteiger partial charge in [-0.1, -0.05) is 19.3 Å². The molecule has 0 saturated heterocycles. The van der Waals surface area contributed by atoms with Crippen molar-refractivity contribution in [2.75, 3.05) is 6.61 Å². The largest absolute Gasteiger partial charge is 0.374 e. The highest BCUT2D eigenvalue weighted by Crippen LogP contribution is 2.36. The Bertz CT molecular complexity index is 368. The molecule has 0 spiro atoms. The second-order valence-corrected chi connectivity index (χ2v) is 6.92. The van der Waals surface area contributed by atoms with Crippen molar-refractivity contribution in [2.45, 2.75) is 57.1 Å². The van der Waals surface area contributed by atoms with Crippen LogP contribution in [0.5, 0.6) is 0 Å². The van der Waals surface area contributed by atoms with Crippen molar-refractivity contribution in [1.29, 1.82) is 0 Å². The Hall–Kier alpha value is 0.100. The molecule has 0 amide bonds. The normalized spacial score (nSPS) is 20.8. The van der Waals surface area contributed by atoms with E-state index < -0.39 is 0 Å². The Kier molecular flexibility index (Phi) is 5.24. The number of nitrogens with two attached hydrogens (primary N) is 1. The predicted molar refractivity (Wildman–Crippen MR) is 81.1 cm³/mol. The summed E-state index contributed by atoms with van der Waals surface area (Å²) >= 11 is 5.37. The summed E-state index contributed by atoms with van der Waals surface area (Å²) in [5, 5.41) is 2.11. The molecule has 1 atom stereocenters. The second kappa shape index (κ2) is 6.51. The Balaban J connectivity index is 2.08. The summed E-state index contributed by atoms with van der Waals surface area (Å²) in [7, 11) is 0. The Labute approximate surface area is 122 Å². The first-order chi connectivity index (χ1) is 8.68. The molecular weight excluding hydrogens is 310 g/mol. The number of hydrogen-bond acceptors (Lipinski definition) is 3. The van der Waals surface area contributed by atoms with Gasteiger partial charge < -0.3 is 10.5 Å². The van der Waals surface area contributed by atoms with Crippen LogP contribution in [0.2, 0.25) is 0 Å². The summed E-state index contributed by atoms with van der Waals surface area (Å²) in [6, 6.07) is 2.20. The molecule has 102 valence electrons. The highest BCUT2D eigenvalue weighted by molar-refractivity contribution is 9.10. The van der Waals surface area contributed by atoms with Crippen LogP contribution in [-0.2, 0) is 11.2 Å². The number of halogens is 1. The van der Waals surface area contributed by atoms with Gasteiger partial charge in [0.15, 0.2) is 0 Å². The molecular formula is C14H22BrNOS. The minimum absolute atomic E-state index is 0.0869. The molecule has 1 unspecified atom stereocenters. The van der Waals surface area contributed by atoms with Gasteiger partial charge in [-0.15, -0.1) is 11.3 Å². The lowest BCUT2D eigenvalue weighted by Gasteiger charge is -2.41. The van der Waals surface area contributed by atoms with E-state index in [2.05, 4.69) is 34.3 Å². The van der Waals surface area contributed by atoms with Crippen LogP contribution >= 0.6 is 27.3 Å². The Morgan fingerprint density at radius 2 is 2.17 bits per heavy atom. The first-order valence-electron chi connectivity index (χ1n) is 6.79. The molecule has 2 nitrogen and oxygen atoms in total. The van der Waals surface area contributed by atoms with E-state index in [1.807, 2.05) is 0 Å². The van der Waals surface area contributed by atoms with E-state index >= 15 is 0 Å². The first kappa shape index (κ1) is 14.5. The number of rotatable bonds is 5. The van der Waals surface area contributed by atoms with Gasteiger partial charge in [-0.2, -0.15) is 0 Å². The van der Waals surface area contributed by atoms with Gasteiger partial charge in [0.25, 0.3) is 0 Å². The molecule has 18 heavy (non-hydrogen) atoms. The molecule has 1 aliphatic rings. The van der Waals surface area contributed by atoms with Crippen molar-refractivity contribution < 1.29 is 4.74 Å². The fourth-order valence-electron chi connectivity index (χ4n) is 2.92. The summed E-state index contributed by atoms with van der Waals surface area (Å²) in [6.45, 7) is 2.84. The van der Waals surface area contributed by atoms with Crippen LogP contribution in [-0.4, -0.2) is 18.2 Å². The average Bonchev–Trinajstić information content (AvgIpc) is 2.76. The molecule has 0 aliphatic heterocycles. The van der Waals surface area contributed by atoms with Crippen LogP contribution in [0.25, 0.3) is 0 Å². The summed E-state index contributed by atoms with van der Waals surface area (Å²) in [5.41, 5.74) is 6.40. The smallest absolute Gasteiger partial charge is 0.0836 e. The molecule has 0 bridgehead atoms. The standard InChI is InChI=1S/C14H22BrNOS/c1-2-17-14(7-4-3-5-8-14)13(16)10-12-11(15)6-9-18-12/h6,9,13H,2-5,7-8,10,16H2,1H3. The molecule has 4 heteroatoms. The van der Waals surface area contributed by atoms with Crippen LogP contribution in [0.3, 0.4) is 0 Å². The number of hydrogen-bond donors (Lipinski definition) is 1. The van der Waals surface area contributed by atoms with Gasteiger partial charge in [0.1, 0.15) is 0 Å². The topological polar surface area (TPSA) is 35.2 Å². The van der Waals surface area contributed by atoms with Crippen LogP contribution < -0.4 is 5.73 Å². The fourth-order valence-corrected chi connectivity index (χ4v) is 4.49. The van der Waals surface area contributed by atoms with Crippen molar-refractivity contribution in [3.8, 4) is 0 Å². The second-order valence-electron chi connectivity index (χ2n) is 5.06. The van der Waals surface area contributed by atoms with Gasteiger partial charge in [-0.25, -0.2) is 0 Å². The maximum atomic E-state index is 6.49. The summed E-state index contributed by atoms with van der Waals surface area (Å²) in [4.78, 5) is 1.34. The van der Waals surface area contributed by atoms with Crippen molar-refractivity contribution in [1.82, 2.24) is 0 Å². The molecule has 1 aromatic heterocycles. The monoisotopic (exact) mass is 331 g/mol. The lowest BCUT2D eigenvalue weighted by molar-refractivity contribution is -0.0816. The van der Waals surface area contributed by atoms with Gasteiger partial charge >= 0.3 is 0 Å². The molecule has 1 saturated carbocycles. The minimum atomic E-state index is -0.0869. The zero-order chi connectivity index (χ0) is 13.0. The van der Waals surface area contributed by atoms with Crippen LogP contribution in [0.1, 0.15) is 43.9 Å². The zero-order valence-electron chi connectivity index (χ0n) is 11.0. The molecule has 1 aliphatic carbocycles. The highest BCUT2D eigenvalue weighted by Gasteiger charge is 2.38. The quantitative estimate of drug-likeness (QED) is 0.880. The van der Waals surface area contributed by atoms with Gasteiger partial charge in [0.2, 0.25) is 0 Å². The molecule has 1 heterocycles. The van der Waals surface area contributed by atoms with E-state index in [4.69, 9.17) is 10.5 Å². The summed E-state index contributed by atoms with van der Waals surface area (Å²) < 4.78 is 7.27. The first-order valence-corrected chi connectivity index (χ1v) is 8.46. The third-order valence-corrected chi connectivity index (χ3v) is 5.85. The summed E-state index contributed by atoms with van der Waals surface area (Å²) in [6.07, 6.45) is 6.97. The van der Waals surface area contributed by atoms with E-state index in [9.17, 15) is 0 Å². The summed E-state index contributed by atoms with van der Waals surface area (Å²) in [5.74, 6) is 0. The molecule has 2 N–H and O–H groups in total. The maximum Gasteiger partial charge on any atom is 0.0836 e. The Morgan fingerprint density at radius 3 is 2.72 bits per heavy atom. The van der Waals surface area contributed by atoms with Gasteiger partial charge in [-0.05, 0) is 47.1 Å². The molecule has 1 fully saturated rings. The molecule has 0 aromatic carbocycles. The third-order valence-electron chi connectivity index (χ3n) is 3.90. The highest BCUT2D eigenvalue weighted by atomic mass is 79.9. The Morgan fingerprint density at radius 1 is 1.44 bits per heavy atom. The van der Waals surface area contributed by atoms with Gasteiger partial charge in [0.05, 0.1) is 5.60 Å². The van der Waals surface area contributed by atoms with Crippen molar-refractivity contribution >= 4 is 27.3 Å². The van der Waals surface area contributed by atoms with Gasteiger partial charge in [0, 0.05) is 28.4 Å². The lowest BCUT2D eigenvalue weighted by atomic mass is 9.78. The zero-order valence-corrected chi connectivity index (χ0v) is 13.4. The van der Waals surface area contributed by atoms with E-state index in [1.165, 1.54) is 28.6 Å². The lowest BCUT2D eigenvalue weighted by Crippen LogP contribution is -2.52. The van der Waals surface area contributed by atoms with E-state index in [0.717, 1.165) is 25.9 Å². The van der Waals surface area contributed by atoms with E-state index in [-0.39, 0.29) is 11.6 Å². The predicted octanol–water partition coefficient (Wildman–Crippen LogP) is 4.12. The van der Waals surface area contributed by atoms with E-state index in [1.54, 1.807) is 11.3 Å². The SMILES string of the molecule is CCOC1(C(N)Cc2sccc2Br)CCCCC1. The van der Waals surface area contributed by atoms with Crippen molar-refractivity contribution in [3.63, 3.8) is 0 Å². The van der Waals surface area contributed by atoms with Crippen molar-refractivity contribution in [2.24, 2.45) is 5.73 Å². The number of ether oxygens (including phenoxy) is 1. The van der Waals surface area contributed by atoms with Crippen LogP contribution in [0.15, 0.2) is 15.9 Å². The molecule has 0 radical (unpaired) electrons. The van der Waals surface area contributed by atoms with Crippen LogP contribution in [0, 0.1) is 0 Å². The van der Waals surface area contributed by atoms with E-state index in [0.29, 0.717) is 0 Å². The van der Waals surface area contributed by atoms with Gasteiger partial charge in [-0.3, -0.25) is 0 Å².